The van der Waals surface area contributed by atoms with E-state index in [1.165, 1.54) is 51.4 Å². The Kier molecular flexibility index (Phi) is 13.6. The van der Waals surface area contributed by atoms with Crippen molar-refractivity contribution >= 4 is 6.09 Å². The molecule has 6 heteroatoms. The van der Waals surface area contributed by atoms with Gasteiger partial charge in [-0.25, -0.2) is 4.79 Å². The van der Waals surface area contributed by atoms with E-state index >= 15 is 0 Å². The molecule has 0 bridgehead atoms. The summed E-state index contributed by atoms with van der Waals surface area (Å²) in [5.41, 5.74) is 14.3. The number of unbranched alkanes of at least 4 members (excludes halogenated alkanes) is 1. The molecule has 0 aliphatic heterocycles. The zero-order valence-electron chi connectivity index (χ0n) is 33.0. The van der Waals surface area contributed by atoms with E-state index in [4.69, 9.17) is 16.2 Å². The molecule has 4 aliphatic rings. The number of nitrogens with one attached hydrogen (secondary N) is 1. The smallest absolute Gasteiger partial charge is 0.410 e. The summed E-state index contributed by atoms with van der Waals surface area (Å²) in [7, 11) is 0. The van der Waals surface area contributed by atoms with Gasteiger partial charge in [-0.3, -0.25) is 0 Å². The number of carbonyl (C=O) groups is 1. The summed E-state index contributed by atoms with van der Waals surface area (Å²) in [6.07, 6.45) is 18.5. The van der Waals surface area contributed by atoms with Crippen LogP contribution in [0, 0.1) is 57.2 Å². The molecule has 1 unspecified atom stereocenters. The van der Waals surface area contributed by atoms with E-state index in [1.807, 2.05) is 4.90 Å². The standard InChI is InChI=1S/C42H78N4O2/c1-30(2)13-12-14-31(3)35-17-18-36-34-16-15-32-25-33(19-21-41(32,8)37(34)20-22-42(35,36)9)48-38(47)46(29-40(6,7)27-44)24-11-10-23-45-28-39(4,5)26-43/h15,30-31,33-37,45H,10-14,16-29,43-44H2,1-9H3/t31-,33+,34+,35-,36+,37?,41+,42-/m1/s1. The number of hydrogen-bond donors (Lipinski definition) is 3. The van der Waals surface area contributed by atoms with Crippen LogP contribution in [0.3, 0.4) is 0 Å². The number of fused-ring (bicyclic) bond motifs is 5. The predicted octanol–water partition coefficient (Wildman–Crippen LogP) is 9.17. The molecule has 0 spiro atoms. The van der Waals surface area contributed by atoms with Gasteiger partial charge in [-0.15, -0.1) is 0 Å². The first kappa shape index (κ1) is 39.7. The molecule has 4 aliphatic carbocycles. The molecule has 0 radical (unpaired) electrons. The number of nitrogens with two attached hydrogens (primary N) is 2. The van der Waals surface area contributed by atoms with Crippen LogP contribution in [-0.2, 0) is 4.74 Å². The minimum atomic E-state index is -0.149. The summed E-state index contributed by atoms with van der Waals surface area (Å²) >= 11 is 0. The van der Waals surface area contributed by atoms with E-state index < -0.39 is 0 Å². The third-order valence-corrected chi connectivity index (χ3v) is 14.1. The Morgan fingerprint density at radius 3 is 2.38 bits per heavy atom. The van der Waals surface area contributed by atoms with E-state index in [9.17, 15) is 4.79 Å². The fourth-order valence-corrected chi connectivity index (χ4v) is 10.8. The van der Waals surface area contributed by atoms with E-state index in [2.05, 4.69) is 73.7 Å². The quantitative estimate of drug-likeness (QED) is 0.106. The van der Waals surface area contributed by atoms with Crippen LogP contribution in [0.5, 0.6) is 0 Å². The minimum absolute atomic E-state index is 0.0200. The summed E-state index contributed by atoms with van der Waals surface area (Å²) in [6, 6.07) is 0. The lowest BCUT2D eigenvalue weighted by molar-refractivity contribution is -0.0596. The second-order valence-corrected chi connectivity index (χ2v) is 19.6. The number of hydrogen-bond acceptors (Lipinski definition) is 5. The summed E-state index contributed by atoms with van der Waals surface area (Å²) < 4.78 is 6.36. The maximum atomic E-state index is 13.7. The molecule has 0 aromatic carbocycles. The van der Waals surface area contributed by atoms with Crippen LogP contribution in [0.15, 0.2) is 11.6 Å². The molecule has 3 saturated carbocycles. The highest BCUT2D eigenvalue weighted by Gasteiger charge is 2.59. The number of carbonyl (C=O) groups excluding carboxylic acids is 1. The third kappa shape index (κ3) is 9.40. The fourth-order valence-electron chi connectivity index (χ4n) is 10.8. The molecular weight excluding hydrogens is 592 g/mol. The fraction of sp³-hybridized carbons (Fsp3) is 0.929. The van der Waals surface area contributed by atoms with Crippen molar-refractivity contribution in [3.63, 3.8) is 0 Å². The van der Waals surface area contributed by atoms with Gasteiger partial charge in [0.15, 0.2) is 0 Å². The zero-order chi connectivity index (χ0) is 35.3. The second-order valence-electron chi connectivity index (χ2n) is 19.6. The highest BCUT2D eigenvalue weighted by molar-refractivity contribution is 5.68. The van der Waals surface area contributed by atoms with Crippen LogP contribution in [-0.4, -0.2) is 56.4 Å². The van der Waals surface area contributed by atoms with Crippen LogP contribution in [0.1, 0.15) is 146 Å². The number of amides is 1. The van der Waals surface area contributed by atoms with E-state index in [0.29, 0.717) is 31.6 Å². The Labute approximate surface area is 296 Å². The Morgan fingerprint density at radius 2 is 1.69 bits per heavy atom. The van der Waals surface area contributed by atoms with Crippen molar-refractivity contribution < 1.29 is 9.53 Å². The summed E-state index contributed by atoms with van der Waals surface area (Å²) in [6.45, 7) is 25.7. The van der Waals surface area contributed by atoms with Gasteiger partial charge in [0.2, 0.25) is 0 Å². The summed E-state index contributed by atoms with van der Waals surface area (Å²) in [5, 5.41) is 3.55. The molecule has 278 valence electrons. The molecule has 0 heterocycles. The molecule has 6 nitrogen and oxygen atoms in total. The molecule has 5 N–H and O–H groups in total. The molecule has 4 rings (SSSR count). The van der Waals surface area contributed by atoms with Crippen LogP contribution < -0.4 is 16.8 Å². The molecular formula is C42H78N4O2. The van der Waals surface area contributed by atoms with Crippen LogP contribution in [0.25, 0.3) is 0 Å². The van der Waals surface area contributed by atoms with Crippen molar-refractivity contribution in [3.05, 3.63) is 11.6 Å². The first-order valence-corrected chi connectivity index (χ1v) is 20.3. The normalized spacial score (nSPS) is 32.7. The van der Waals surface area contributed by atoms with Crippen molar-refractivity contribution in [2.45, 2.75) is 152 Å². The van der Waals surface area contributed by atoms with Gasteiger partial charge >= 0.3 is 6.09 Å². The monoisotopic (exact) mass is 671 g/mol. The molecule has 48 heavy (non-hydrogen) atoms. The van der Waals surface area contributed by atoms with Gasteiger partial charge in [0.25, 0.3) is 0 Å². The van der Waals surface area contributed by atoms with Crippen LogP contribution in [0.4, 0.5) is 4.79 Å². The molecule has 1 amide bonds. The van der Waals surface area contributed by atoms with Crippen molar-refractivity contribution in [2.75, 3.05) is 39.3 Å². The van der Waals surface area contributed by atoms with Gasteiger partial charge in [-0.05, 0) is 135 Å². The average molecular weight is 671 g/mol. The second kappa shape index (κ2) is 16.5. The lowest BCUT2D eigenvalue weighted by atomic mass is 9.47. The highest BCUT2D eigenvalue weighted by Crippen LogP contribution is 2.67. The van der Waals surface area contributed by atoms with Crippen LogP contribution in [0.2, 0.25) is 0 Å². The zero-order valence-corrected chi connectivity index (χ0v) is 33.0. The first-order chi connectivity index (χ1) is 22.5. The third-order valence-electron chi connectivity index (χ3n) is 14.1. The minimum Gasteiger partial charge on any atom is -0.446 e. The SMILES string of the molecule is CC(C)CCC[C@@H](C)[C@H]1CC[C@H]2[C@@H]3CC=C4C[C@@H](OC(=O)N(CCCCNCC(C)(C)CN)CC(C)(C)CN)CC[C@]4(C)C3CC[C@]12C. The molecule has 0 aromatic heterocycles. The highest BCUT2D eigenvalue weighted by atomic mass is 16.6. The Hall–Kier alpha value is -1.11. The average Bonchev–Trinajstić information content (AvgIpc) is 3.39. The number of ether oxygens (including phenoxy) is 1. The summed E-state index contributed by atoms with van der Waals surface area (Å²) in [5.74, 6) is 5.06. The Bertz CT molecular complexity index is 1070. The van der Waals surface area contributed by atoms with Gasteiger partial charge < -0.3 is 26.4 Å². The van der Waals surface area contributed by atoms with Gasteiger partial charge in [-0.2, -0.15) is 0 Å². The number of rotatable bonds is 17. The lowest BCUT2D eigenvalue weighted by Crippen LogP contribution is -2.51. The maximum Gasteiger partial charge on any atom is 0.410 e. The Balaban J connectivity index is 1.34. The van der Waals surface area contributed by atoms with Crippen molar-refractivity contribution in [1.82, 2.24) is 10.2 Å². The molecule has 3 fully saturated rings. The molecule has 8 atom stereocenters. The first-order valence-electron chi connectivity index (χ1n) is 20.3. The Morgan fingerprint density at radius 1 is 0.958 bits per heavy atom. The van der Waals surface area contributed by atoms with E-state index in [-0.39, 0.29) is 28.4 Å². The van der Waals surface area contributed by atoms with Gasteiger partial charge in [0.1, 0.15) is 6.10 Å². The topological polar surface area (TPSA) is 93.6 Å². The summed E-state index contributed by atoms with van der Waals surface area (Å²) in [4.78, 5) is 15.7. The largest absolute Gasteiger partial charge is 0.446 e. The van der Waals surface area contributed by atoms with Gasteiger partial charge in [0.05, 0.1) is 0 Å². The molecule has 0 aromatic rings. The number of allylic oxidation sites excluding steroid dienone is 1. The van der Waals surface area contributed by atoms with Gasteiger partial charge in [-0.1, -0.05) is 93.2 Å². The van der Waals surface area contributed by atoms with Crippen molar-refractivity contribution in [3.8, 4) is 0 Å². The predicted molar refractivity (Wildman–Crippen MR) is 203 cm³/mol. The van der Waals surface area contributed by atoms with Gasteiger partial charge in [0, 0.05) is 26.1 Å². The lowest BCUT2D eigenvalue weighted by Gasteiger charge is -2.58. The van der Waals surface area contributed by atoms with Crippen molar-refractivity contribution in [1.29, 1.82) is 0 Å². The van der Waals surface area contributed by atoms with E-state index in [0.717, 1.165) is 80.7 Å². The molecule has 0 saturated heterocycles. The van der Waals surface area contributed by atoms with Crippen molar-refractivity contribution in [2.24, 2.45) is 68.6 Å². The van der Waals surface area contributed by atoms with Crippen LogP contribution >= 0.6 is 0 Å². The maximum absolute atomic E-state index is 13.7. The van der Waals surface area contributed by atoms with E-state index in [1.54, 1.807) is 5.57 Å². The number of nitrogens with zero attached hydrogens (tertiary/aromatic N) is 1.